The predicted octanol–water partition coefficient (Wildman–Crippen LogP) is 3.09. The van der Waals surface area contributed by atoms with Crippen LogP contribution in [0.1, 0.15) is 18.4 Å². The van der Waals surface area contributed by atoms with Crippen molar-refractivity contribution in [1.29, 1.82) is 0 Å². The summed E-state index contributed by atoms with van der Waals surface area (Å²) < 4.78 is 71.9. The number of anilines is 1. The minimum atomic E-state index is -4.74. The highest BCUT2D eigenvalue weighted by atomic mass is 19.4. The van der Waals surface area contributed by atoms with Gasteiger partial charge in [0.15, 0.2) is 0 Å². The van der Waals surface area contributed by atoms with E-state index in [-0.39, 0.29) is 11.5 Å². The van der Waals surface area contributed by atoms with E-state index in [2.05, 4.69) is 15.7 Å². The zero-order valence-electron chi connectivity index (χ0n) is 13.9. The lowest BCUT2D eigenvalue weighted by Crippen LogP contribution is -2.42. The van der Waals surface area contributed by atoms with Crippen LogP contribution in [0.2, 0.25) is 0 Å². The van der Waals surface area contributed by atoms with Crippen LogP contribution >= 0.6 is 0 Å². The molecule has 6 nitrogen and oxygen atoms in total. The Kier molecular flexibility index (Phi) is 5.49. The largest absolute Gasteiger partial charge is 0.434 e. The second-order valence-electron chi connectivity index (χ2n) is 6.27. The number of aromatic amines is 1. The normalized spacial score (nSPS) is 17.3. The van der Waals surface area contributed by atoms with Gasteiger partial charge < -0.3 is 15.1 Å². The average molecular weight is 392 g/mol. The molecule has 1 aromatic heterocycles. The Balaban J connectivity index is 1.98. The predicted molar refractivity (Wildman–Crippen MR) is 86.6 cm³/mol. The molecule has 2 heterocycles. The summed E-state index contributed by atoms with van der Waals surface area (Å²) in [6, 6.07) is 1.39. The number of aromatic nitrogens is 2. The van der Waals surface area contributed by atoms with Gasteiger partial charge in [0.1, 0.15) is 0 Å². The van der Waals surface area contributed by atoms with Crippen molar-refractivity contribution >= 4 is 5.69 Å². The third kappa shape index (κ3) is 4.46. The molecule has 1 aliphatic rings. The molecule has 1 atom stereocenters. The first-order valence-corrected chi connectivity index (χ1v) is 8.28. The zero-order chi connectivity index (χ0) is 19.6. The van der Waals surface area contributed by atoms with Gasteiger partial charge >= 0.3 is 11.9 Å². The van der Waals surface area contributed by atoms with Crippen molar-refractivity contribution in [3.05, 3.63) is 34.3 Å². The molecular weight excluding hydrogens is 375 g/mol. The van der Waals surface area contributed by atoms with Crippen molar-refractivity contribution in [2.45, 2.75) is 31.5 Å². The van der Waals surface area contributed by atoms with Crippen LogP contribution in [0.3, 0.4) is 0 Å². The molecule has 11 heteroatoms. The minimum Gasteiger partial charge on any atom is -0.388 e. The number of H-pyrrole nitrogens is 1. The van der Waals surface area contributed by atoms with E-state index in [1.54, 1.807) is 0 Å². The molecule has 1 aliphatic heterocycles. The van der Waals surface area contributed by atoms with E-state index in [0.29, 0.717) is 25.9 Å². The maximum Gasteiger partial charge on any atom is 0.434 e. The summed E-state index contributed by atoms with van der Waals surface area (Å²) in [5, 5.41) is 11.0. The van der Waals surface area contributed by atoms with E-state index in [0.717, 1.165) is 18.2 Å². The van der Waals surface area contributed by atoms with Crippen LogP contribution in [-0.2, 0) is 6.18 Å². The molecule has 3 rings (SSSR count). The van der Waals surface area contributed by atoms with Gasteiger partial charge in [0.05, 0.1) is 11.6 Å². The highest BCUT2D eigenvalue weighted by molar-refractivity contribution is 5.65. The summed E-state index contributed by atoms with van der Waals surface area (Å²) in [5.41, 5.74) is -1.53. The molecule has 1 saturated heterocycles. The number of piperidine rings is 1. The lowest BCUT2D eigenvalue weighted by molar-refractivity contribution is -0.137. The van der Waals surface area contributed by atoms with Crippen molar-refractivity contribution < 1.29 is 26.4 Å². The molecular formula is C16H17F5N4O2. The topological polar surface area (TPSA) is 83.0 Å². The Morgan fingerprint density at radius 2 is 1.93 bits per heavy atom. The first kappa shape index (κ1) is 19.3. The first-order valence-electron chi connectivity index (χ1n) is 8.28. The fourth-order valence-electron chi connectivity index (χ4n) is 3.17. The molecule has 1 fully saturated rings. The molecule has 1 unspecified atom stereocenters. The summed E-state index contributed by atoms with van der Waals surface area (Å²) in [6.45, 7) is 1.06. The van der Waals surface area contributed by atoms with Gasteiger partial charge in [-0.2, -0.15) is 13.2 Å². The van der Waals surface area contributed by atoms with E-state index in [9.17, 15) is 26.7 Å². The number of rotatable bonds is 5. The number of hydrogen-bond acceptors (Lipinski definition) is 5. The minimum absolute atomic E-state index is 0.0576. The number of hydrogen-bond donors (Lipinski definition) is 3. The van der Waals surface area contributed by atoms with Gasteiger partial charge in [0.2, 0.25) is 5.89 Å². The molecule has 1 aromatic carbocycles. The van der Waals surface area contributed by atoms with Crippen LogP contribution in [0.4, 0.5) is 27.6 Å². The zero-order valence-corrected chi connectivity index (χ0v) is 13.9. The Bertz CT molecular complexity index is 827. The number of halogens is 5. The van der Waals surface area contributed by atoms with E-state index in [1.807, 2.05) is 5.10 Å². The monoisotopic (exact) mass is 392 g/mol. The number of nitrogens with zero attached hydrogens (tertiary/aromatic N) is 1. The molecule has 0 saturated carbocycles. The maximum atomic E-state index is 13.6. The molecule has 0 spiro atoms. The first-order chi connectivity index (χ1) is 12.8. The maximum absolute atomic E-state index is 13.6. The molecule has 0 bridgehead atoms. The van der Waals surface area contributed by atoms with Crippen LogP contribution < -0.4 is 16.4 Å². The van der Waals surface area contributed by atoms with Crippen molar-refractivity contribution in [1.82, 2.24) is 15.5 Å². The summed E-state index contributed by atoms with van der Waals surface area (Å²) in [4.78, 5) is 11.1. The lowest BCUT2D eigenvalue weighted by atomic mass is 9.90. The van der Waals surface area contributed by atoms with E-state index in [4.69, 9.17) is 4.42 Å². The Morgan fingerprint density at radius 3 is 2.48 bits per heavy atom. The smallest absolute Gasteiger partial charge is 0.388 e. The number of nitrogens with one attached hydrogen (secondary N) is 3. The number of alkyl halides is 5. The quantitative estimate of drug-likeness (QED) is 0.682. The van der Waals surface area contributed by atoms with E-state index < -0.39 is 41.6 Å². The van der Waals surface area contributed by atoms with Gasteiger partial charge in [-0.15, -0.1) is 5.10 Å². The second kappa shape index (κ2) is 7.67. The molecule has 3 N–H and O–H groups in total. The second-order valence-corrected chi connectivity index (χ2v) is 6.27. The van der Waals surface area contributed by atoms with Gasteiger partial charge in [0.25, 0.3) is 6.43 Å². The van der Waals surface area contributed by atoms with E-state index >= 15 is 0 Å². The standard InChI is InChI=1S/C16H17F5N4O2/c17-13(18)12(8-3-5-22-6-4-8)23-11-7-9(14-24-25-15(26)27-14)1-2-10(11)16(19,20)21/h1-2,7-8,12-13,22-23H,3-6H2,(H,25,26). The third-order valence-electron chi connectivity index (χ3n) is 4.50. The SMILES string of the molecule is O=c1[nH]nc(-c2ccc(C(F)(F)F)c(NC(C(F)F)C3CCNCC3)c2)o1. The summed E-state index contributed by atoms with van der Waals surface area (Å²) >= 11 is 0. The van der Waals surface area contributed by atoms with Crippen molar-refractivity contribution in [3.63, 3.8) is 0 Å². The van der Waals surface area contributed by atoms with Crippen LogP contribution in [0.15, 0.2) is 27.4 Å². The van der Waals surface area contributed by atoms with Crippen molar-refractivity contribution in [3.8, 4) is 11.5 Å². The average Bonchev–Trinajstić information content (AvgIpc) is 3.05. The highest BCUT2D eigenvalue weighted by Crippen LogP contribution is 2.38. The molecule has 0 amide bonds. The Labute approximate surface area is 150 Å². The van der Waals surface area contributed by atoms with Gasteiger partial charge in [-0.3, -0.25) is 0 Å². The molecule has 0 aliphatic carbocycles. The van der Waals surface area contributed by atoms with E-state index in [1.165, 1.54) is 0 Å². The molecule has 2 aromatic rings. The number of benzene rings is 1. The van der Waals surface area contributed by atoms with Crippen molar-refractivity contribution in [2.24, 2.45) is 5.92 Å². The van der Waals surface area contributed by atoms with Gasteiger partial charge in [-0.05, 0) is 50.0 Å². The molecule has 148 valence electrons. The highest BCUT2D eigenvalue weighted by Gasteiger charge is 2.37. The fourth-order valence-corrected chi connectivity index (χ4v) is 3.17. The van der Waals surface area contributed by atoms with Crippen LogP contribution in [0, 0.1) is 5.92 Å². The summed E-state index contributed by atoms with van der Waals surface area (Å²) in [5.74, 6) is -1.58. The van der Waals surface area contributed by atoms with Crippen LogP contribution in [0.5, 0.6) is 0 Å². The third-order valence-corrected chi connectivity index (χ3v) is 4.50. The van der Waals surface area contributed by atoms with Crippen molar-refractivity contribution in [2.75, 3.05) is 18.4 Å². The summed E-state index contributed by atoms with van der Waals surface area (Å²) in [7, 11) is 0. The van der Waals surface area contributed by atoms with Crippen LogP contribution in [0.25, 0.3) is 11.5 Å². The van der Waals surface area contributed by atoms with Gasteiger partial charge in [-0.1, -0.05) is 0 Å². The fraction of sp³-hybridized carbons (Fsp3) is 0.500. The van der Waals surface area contributed by atoms with Gasteiger partial charge in [0, 0.05) is 11.3 Å². The Hall–Kier alpha value is -2.43. The Morgan fingerprint density at radius 1 is 1.22 bits per heavy atom. The van der Waals surface area contributed by atoms with Crippen LogP contribution in [-0.4, -0.2) is 35.8 Å². The lowest BCUT2D eigenvalue weighted by Gasteiger charge is -2.32. The summed E-state index contributed by atoms with van der Waals surface area (Å²) in [6.07, 6.45) is -6.73. The molecule has 0 radical (unpaired) electrons. The molecule has 27 heavy (non-hydrogen) atoms. The van der Waals surface area contributed by atoms with Gasteiger partial charge in [-0.25, -0.2) is 18.7 Å².